The summed E-state index contributed by atoms with van der Waals surface area (Å²) in [6, 6.07) is 17.7. The molecule has 2 aromatic carbocycles. The molecule has 0 spiro atoms. The van der Waals surface area contributed by atoms with Gasteiger partial charge in [0.15, 0.2) is 0 Å². The highest BCUT2D eigenvalue weighted by Crippen LogP contribution is 2.16. The van der Waals surface area contributed by atoms with Gasteiger partial charge in [-0.3, -0.25) is 0 Å². The molecule has 0 radical (unpaired) electrons. The average Bonchev–Trinajstić information content (AvgIpc) is 2.68. The molecule has 1 aliphatic rings. The number of hydrogen-bond donors (Lipinski definition) is 2. The number of aryl methyl sites for hydroxylation is 1. The Hall–Kier alpha value is -2.69. The Labute approximate surface area is 155 Å². The van der Waals surface area contributed by atoms with Crippen LogP contribution in [0.4, 0.5) is 10.5 Å². The Morgan fingerprint density at radius 2 is 1.69 bits per heavy atom. The minimum Gasteiger partial charge on any atom is -0.508 e. The van der Waals surface area contributed by atoms with Crippen LogP contribution < -0.4 is 10.2 Å². The lowest BCUT2D eigenvalue weighted by Gasteiger charge is -2.36. The number of carbonyl (C=O) groups is 1. The zero-order valence-electron chi connectivity index (χ0n) is 15.3. The molecule has 2 N–H and O–H groups in total. The van der Waals surface area contributed by atoms with Crippen LogP contribution in [0.1, 0.15) is 18.9 Å². The number of para-hydroxylation sites is 1. The molecule has 3 rings (SSSR count). The fraction of sp³-hybridized carbons (Fsp3) is 0.381. The number of amides is 2. The van der Waals surface area contributed by atoms with Crippen LogP contribution in [0, 0.1) is 0 Å². The predicted molar refractivity (Wildman–Crippen MR) is 105 cm³/mol. The summed E-state index contributed by atoms with van der Waals surface area (Å²) < 4.78 is 0. The van der Waals surface area contributed by atoms with Crippen LogP contribution in [0.15, 0.2) is 54.6 Å². The normalized spacial score (nSPS) is 15.6. The highest BCUT2D eigenvalue weighted by Gasteiger charge is 2.22. The van der Waals surface area contributed by atoms with E-state index >= 15 is 0 Å². The maximum absolute atomic E-state index is 12.5. The van der Waals surface area contributed by atoms with E-state index in [0.29, 0.717) is 0 Å². The van der Waals surface area contributed by atoms with Gasteiger partial charge in [0.05, 0.1) is 0 Å². The molecule has 1 heterocycles. The molecule has 0 bridgehead atoms. The van der Waals surface area contributed by atoms with E-state index in [-0.39, 0.29) is 17.8 Å². The van der Waals surface area contributed by atoms with Gasteiger partial charge in [-0.1, -0.05) is 30.3 Å². The zero-order chi connectivity index (χ0) is 18.4. The smallest absolute Gasteiger partial charge is 0.317 e. The minimum atomic E-state index is 0.0240. The molecule has 138 valence electrons. The summed E-state index contributed by atoms with van der Waals surface area (Å²) in [5.41, 5.74) is 2.38. The van der Waals surface area contributed by atoms with E-state index in [2.05, 4.69) is 22.3 Å². The Kier molecular flexibility index (Phi) is 6.00. The number of rotatable bonds is 5. The quantitative estimate of drug-likeness (QED) is 0.868. The van der Waals surface area contributed by atoms with Crippen molar-refractivity contribution in [2.45, 2.75) is 25.8 Å². The topological polar surface area (TPSA) is 55.8 Å². The van der Waals surface area contributed by atoms with Crippen LogP contribution in [0.3, 0.4) is 0 Å². The molecule has 0 aliphatic carbocycles. The zero-order valence-corrected chi connectivity index (χ0v) is 15.3. The Bertz CT molecular complexity index is 695. The van der Waals surface area contributed by atoms with E-state index in [1.165, 1.54) is 11.3 Å². The fourth-order valence-electron chi connectivity index (χ4n) is 3.23. The number of anilines is 1. The first kappa shape index (κ1) is 18.1. The van der Waals surface area contributed by atoms with E-state index in [4.69, 9.17) is 0 Å². The fourth-order valence-corrected chi connectivity index (χ4v) is 3.23. The van der Waals surface area contributed by atoms with Crippen molar-refractivity contribution >= 4 is 11.7 Å². The molecule has 0 saturated carbocycles. The minimum absolute atomic E-state index is 0.0240. The van der Waals surface area contributed by atoms with Crippen LogP contribution in [0.25, 0.3) is 0 Å². The number of aromatic hydroxyl groups is 1. The first-order valence-corrected chi connectivity index (χ1v) is 9.25. The van der Waals surface area contributed by atoms with Crippen molar-refractivity contribution in [3.05, 3.63) is 60.2 Å². The number of benzene rings is 2. The molecule has 1 atom stereocenters. The Morgan fingerprint density at radius 1 is 1.04 bits per heavy atom. The molecule has 1 saturated heterocycles. The van der Waals surface area contributed by atoms with E-state index in [9.17, 15) is 9.90 Å². The van der Waals surface area contributed by atoms with Gasteiger partial charge in [-0.15, -0.1) is 0 Å². The molecule has 5 nitrogen and oxygen atoms in total. The largest absolute Gasteiger partial charge is 0.508 e. The van der Waals surface area contributed by atoms with Crippen molar-refractivity contribution in [3.8, 4) is 5.75 Å². The molecule has 2 amide bonds. The van der Waals surface area contributed by atoms with Gasteiger partial charge in [-0.2, -0.15) is 0 Å². The van der Waals surface area contributed by atoms with Crippen LogP contribution in [0.2, 0.25) is 0 Å². The number of nitrogens with zero attached hydrogens (tertiary/aromatic N) is 2. The van der Waals surface area contributed by atoms with E-state index in [0.717, 1.165) is 39.0 Å². The number of nitrogens with one attached hydrogen (secondary N) is 1. The van der Waals surface area contributed by atoms with Gasteiger partial charge in [0, 0.05) is 37.9 Å². The third kappa shape index (κ3) is 4.91. The van der Waals surface area contributed by atoms with Gasteiger partial charge in [0.2, 0.25) is 0 Å². The highest BCUT2D eigenvalue weighted by atomic mass is 16.3. The maximum atomic E-state index is 12.5. The summed E-state index contributed by atoms with van der Waals surface area (Å²) in [5, 5.41) is 12.4. The van der Waals surface area contributed by atoms with E-state index < -0.39 is 0 Å². The number of carbonyl (C=O) groups excluding carboxylic acids is 1. The molecule has 26 heavy (non-hydrogen) atoms. The van der Waals surface area contributed by atoms with Gasteiger partial charge in [-0.25, -0.2) is 4.79 Å². The van der Waals surface area contributed by atoms with Crippen molar-refractivity contribution in [1.29, 1.82) is 0 Å². The number of phenolic OH excluding ortho intramolecular Hbond substituents is 1. The number of hydrogen-bond acceptors (Lipinski definition) is 3. The second-order valence-corrected chi connectivity index (χ2v) is 6.87. The molecular weight excluding hydrogens is 326 g/mol. The van der Waals surface area contributed by atoms with Gasteiger partial charge in [0.1, 0.15) is 5.75 Å². The van der Waals surface area contributed by atoms with Gasteiger partial charge >= 0.3 is 6.03 Å². The van der Waals surface area contributed by atoms with Crippen LogP contribution >= 0.6 is 0 Å². The summed E-state index contributed by atoms with van der Waals surface area (Å²) in [6.07, 6.45) is 1.75. The van der Waals surface area contributed by atoms with Crippen molar-refractivity contribution in [3.63, 3.8) is 0 Å². The first-order valence-electron chi connectivity index (χ1n) is 9.25. The standard InChI is InChI=1S/C21H27N3O2/c1-17(7-8-18-9-11-20(25)12-10-18)22-21(26)24-15-13-23(14-16-24)19-5-3-2-4-6-19/h2-6,9-12,17,25H,7-8,13-16H2,1H3,(H,22,26)/t17-/m0/s1. The summed E-state index contributed by atoms with van der Waals surface area (Å²) in [4.78, 5) is 16.7. The molecule has 1 aliphatic heterocycles. The second-order valence-electron chi connectivity index (χ2n) is 6.87. The summed E-state index contributed by atoms with van der Waals surface area (Å²) in [5.74, 6) is 0.282. The molecule has 2 aromatic rings. The van der Waals surface area contributed by atoms with Crippen LogP contribution in [-0.2, 0) is 6.42 Å². The van der Waals surface area contributed by atoms with E-state index in [1.54, 1.807) is 12.1 Å². The molecule has 0 unspecified atom stereocenters. The van der Waals surface area contributed by atoms with Crippen molar-refractivity contribution in [2.24, 2.45) is 0 Å². The third-order valence-electron chi connectivity index (χ3n) is 4.86. The van der Waals surface area contributed by atoms with Crippen LogP contribution in [-0.4, -0.2) is 48.3 Å². The van der Waals surface area contributed by atoms with Gasteiger partial charge in [-0.05, 0) is 49.6 Å². The Balaban J connectivity index is 1.41. The lowest BCUT2D eigenvalue weighted by molar-refractivity contribution is 0.190. The number of urea groups is 1. The van der Waals surface area contributed by atoms with Gasteiger partial charge in [0.25, 0.3) is 0 Å². The SMILES string of the molecule is C[C@@H](CCc1ccc(O)cc1)NC(=O)N1CCN(c2ccccc2)CC1. The second kappa shape index (κ2) is 8.61. The van der Waals surface area contributed by atoms with Crippen molar-refractivity contribution < 1.29 is 9.90 Å². The monoisotopic (exact) mass is 353 g/mol. The molecular formula is C21H27N3O2. The van der Waals surface area contributed by atoms with Crippen molar-refractivity contribution in [1.82, 2.24) is 10.2 Å². The average molecular weight is 353 g/mol. The number of piperazine rings is 1. The number of phenols is 1. The predicted octanol–water partition coefficient (Wildman–Crippen LogP) is 3.25. The summed E-state index contributed by atoms with van der Waals surface area (Å²) >= 11 is 0. The first-order chi connectivity index (χ1) is 12.6. The van der Waals surface area contributed by atoms with E-state index in [1.807, 2.05) is 42.2 Å². The molecule has 0 aromatic heterocycles. The molecule has 5 heteroatoms. The highest BCUT2D eigenvalue weighted by molar-refractivity contribution is 5.74. The third-order valence-corrected chi connectivity index (χ3v) is 4.86. The summed E-state index contributed by atoms with van der Waals surface area (Å²) in [7, 11) is 0. The Morgan fingerprint density at radius 3 is 2.35 bits per heavy atom. The lowest BCUT2D eigenvalue weighted by atomic mass is 10.1. The van der Waals surface area contributed by atoms with Crippen LogP contribution in [0.5, 0.6) is 5.75 Å². The lowest BCUT2D eigenvalue weighted by Crippen LogP contribution is -2.53. The maximum Gasteiger partial charge on any atom is 0.317 e. The molecule has 1 fully saturated rings. The van der Waals surface area contributed by atoms with Crippen molar-refractivity contribution in [2.75, 3.05) is 31.1 Å². The summed E-state index contributed by atoms with van der Waals surface area (Å²) in [6.45, 7) is 5.24. The van der Waals surface area contributed by atoms with Gasteiger partial charge < -0.3 is 20.2 Å².